The second kappa shape index (κ2) is 6.16. The highest BCUT2D eigenvalue weighted by Gasteiger charge is 2.09. The molecule has 0 amide bonds. The van der Waals surface area contributed by atoms with Crippen molar-refractivity contribution in [3.8, 4) is 0 Å². The van der Waals surface area contributed by atoms with E-state index in [9.17, 15) is 4.79 Å². The number of carbonyl (C=O) groups is 1. The van der Waals surface area contributed by atoms with Crippen LogP contribution in [0.15, 0.2) is 28.7 Å². The molecule has 0 aliphatic carbocycles. The minimum absolute atomic E-state index is 0.203. The number of Topliss-reactive ketones (excluding diaryl/α,β-unsaturated/α-hetero) is 1. The van der Waals surface area contributed by atoms with Crippen molar-refractivity contribution in [2.24, 2.45) is 0 Å². The molecule has 0 N–H and O–H groups in total. The summed E-state index contributed by atoms with van der Waals surface area (Å²) < 4.78 is 0.954. The predicted molar refractivity (Wildman–Crippen MR) is 70.9 cm³/mol. The molecule has 0 aliphatic rings. The Bertz CT molecular complexity index is 363. The van der Waals surface area contributed by atoms with Crippen LogP contribution in [-0.4, -0.2) is 30.3 Å². The van der Waals surface area contributed by atoms with Crippen LogP contribution in [0, 0.1) is 0 Å². The van der Waals surface area contributed by atoms with Crippen molar-refractivity contribution in [2.75, 3.05) is 13.6 Å². The molecule has 88 valence electrons. The van der Waals surface area contributed by atoms with Crippen LogP contribution in [0.1, 0.15) is 30.6 Å². The fourth-order valence-electron chi connectivity index (χ4n) is 1.34. The second-order valence-electron chi connectivity index (χ2n) is 4.26. The lowest BCUT2D eigenvalue weighted by Gasteiger charge is -2.20. The van der Waals surface area contributed by atoms with E-state index in [-0.39, 0.29) is 5.78 Å². The molecule has 0 heterocycles. The van der Waals surface area contributed by atoms with Gasteiger partial charge in [0.05, 0.1) is 0 Å². The summed E-state index contributed by atoms with van der Waals surface area (Å²) in [6, 6.07) is 8.04. The van der Waals surface area contributed by atoms with Gasteiger partial charge in [-0.3, -0.25) is 4.79 Å². The van der Waals surface area contributed by atoms with Crippen molar-refractivity contribution < 1.29 is 4.79 Å². The average molecular weight is 284 g/mol. The Morgan fingerprint density at radius 3 is 2.69 bits per heavy atom. The molecule has 0 saturated carbocycles. The summed E-state index contributed by atoms with van der Waals surface area (Å²) in [6.45, 7) is 5.07. The van der Waals surface area contributed by atoms with Gasteiger partial charge in [0.25, 0.3) is 0 Å². The van der Waals surface area contributed by atoms with Crippen LogP contribution in [0.3, 0.4) is 0 Å². The summed E-state index contributed by atoms with van der Waals surface area (Å²) in [4.78, 5) is 14.1. The maximum absolute atomic E-state index is 11.9. The number of benzene rings is 1. The minimum atomic E-state index is 0.203. The molecule has 0 saturated heterocycles. The largest absolute Gasteiger partial charge is 0.304 e. The number of carbonyl (C=O) groups excluding carboxylic acids is 1. The smallest absolute Gasteiger partial charge is 0.164 e. The third kappa shape index (κ3) is 4.06. The summed E-state index contributed by atoms with van der Waals surface area (Å²) in [6.07, 6.45) is 0.575. The normalized spacial score (nSPS) is 11.1. The zero-order valence-corrected chi connectivity index (χ0v) is 11.6. The molecule has 0 fully saturated rings. The Hall–Kier alpha value is -0.670. The number of rotatable bonds is 5. The highest BCUT2D eigenvalue weighted by Crippen LogP contribution is 2.13. The number of hydrogen-bond acceptors (Lipinski definition) is 2. The van der Waals surface area contributed by atoms with Crippen molar-refractivity contribution in [1.29, 1.82) is 0 Å². The SMILES string of the molecule is CC(C)N(C)CCC(=O)c1cccc(Br)c1. The summed E-state index contributed by atoms with van der Waals surface area (Å²) in [5, 5.41) is 0. The fraction of sp³-hybridized carbons (Fsp3) is 0.462. The molecule has 2 nitrogen and oxygen atoms in total. The van der Waals surface area contributed by atoms with E-state index < -0.39 is 0 Å². The molecule has 16 heavy (non-hydrogen) atoms. The third-order valence-corrected chi connectivity index (χ3v) is 3.21. The Labute approximate surface area is 106 Å². The summed E-state index contributed by atoms with van der Waals surface area (Å²) in [7, 11) is 2.04. The van der Waals surface area contributed by atoms with Gasteiger partial charge in [-0.05, 0) is 33.0 Å². The molecule has 0 radical (unpaired) electrons. The number of ketones is 1. The highest BCUT2D eigenvalue weighted by molar-refractivity contribution is 9.10. The topological polar surface area (TPSA) is 20.3 Å². The molecule has 0 atom stereocenters. The van der Waals surface area contributed by atoms with E-state index >= 15 is 0 Å². The van der Waals surface area contributed by atoms with Crippen molar-refractivity contribution in [2.45, 2.75) is 26.3 Å². The Kier molecular flexibility index (Phi) is 5.16. The molecule has 1 rings (SSSR count). The number of nitrogens with zero attached hydrogens (tertiary/aromatic N) is 1. The molecule has 0 unspecified atom stereocenters. The van der Waals surface area contributed by atoms with Crippen molar-refractivity contribution in [3.63, 3.8) is 0 Å². The monoisotopic (exact) mass is 283 g/mol. The van der Waals surface area contributed by atoms with Crippen LogP contribution in [0.5, 0.6) is 0 Å². The molecule has 0 aromatic heterocycles. The Morgan fingerprint density at radius 1 is 1.44 bits per heavy atom. The molecule has 0 aliphatic heterocycles. The van der Waals surface area contributed by atoms with E-state index in [1.54, 1.807) is 0 Å². The van der Waals surface area contributed by atoms with Crippen LogP contribution in [-0.2, 0) is 0 Å². The van der Waals surface area contributed by atoms with Crippen LogP contribution >= 0.6 is 15.9 Å². The first-order valence-corrected chi connectivity index (χ1v) is 6.29. The Balaban J connectivity index is 2.53. The van der Waals surface area contributed by atoms with E-state index in [4.69, 9.17) is 0 Å². The van der Waals surface area contributed by atoms with Gasteiger partial charge in [-0.1, -0.05) is 28.1 Å². The van der Waals surface area contributed by atoms with E-state index in [2.05, 4.69) is 34.7 Å². The fourth-order valence-corrected chi connectivity index (χ4v) is 1.74. The number of hydrogen-bond donors (Lipinski definition) is 0. The first-order chi connectivity index (χ1) is 7.50. The maximum Gasteiger partial charge on any atom is 0.164 e. The van der Waals surface area contributed by atoms with Crippen LogP contribution in [0.2, 0.25) is 0 Å². The standard InChI is InChI=1S/C13H18BrNO/c1-10(2)15(3)8-7-13(16)11-5-4-6-12(14)9-11/h4-6,9-10H,7-8H2,1-3H3. The summed E-state index contributed by atoms with van der Waals surface area (Å²) in [5.41, 5.74) is 0.784. The van der Waals surface area contributed by atoms with Crippen LogP contribution in [0.25, 0.3) is 0 Å². The first-order valence-electron chi connectivity index (χ1n) is 5.49. The lowest BCUT2D eigenvalue weighted by Crippen LogP contribution is -2.28. The minimum Gasteiger partial charge on any atom is -0.304 e. The predicted octanol–water partition coefficient (Wildman–Crippen LogP) is 3.36. The van der Waals surface area contributed by atoms with Gasteiger partial charge in [0.1, 0.15) is 0 Å². The second-order valence-corrected chi connectivity index (χ2v) is 5.17. The van der Waals surface area contributed by atoms with Gasteiger partial charge >= 0.3 is 0 Å². The molecular weight excluding hydrogens is 266 g/mol. The zero-order chi connectivity index (χ0) is 12.1. The van der Waals surface area contributed by atoms with Gasteiger partial charge in [-0.2, -0.15) is 0 Å². The molecule has 3 heteroatoms. The van der Waals surface area contributed by atoms with E-state index in [0.717, 1.165) is 16.6 Å². The van der Waals surface area contributed by atoms with Crippen molar-refractivity contribution in [3.05, 3.63) is 34.3 Å². The van der Waals surface area contributed by atoms with E-state index in [0.29, 0.717) is 12.5 Å². The van der Waals surface area contributed by atoms with Gasteiger partial charge in [-0.15, -0.1) is 0 Å². The number of halogens is 1. The molecule has 0 bridgehead atoms. The van der Waals surface area contributed by atoms with Gasteiger partial charge in [0.2, 0.25) is 0 Å². The molecular formula is C13H18BrNO. The van der Waals surface area contributed by atoms with Gasteiger partial charge in [0, 0.05) is 29.0 Å². The Morgan fingerprint density at radius 2 is 2.12 bits per heavy atom. The maximum atomic E-state index is 11.9. The highest BCUT2D eigenvalue weighted by atomic mass is 79.9. The van der Waals surface area contributed by atoms with Crippen LogP contribution < -0.4 is 0 Å². The van der Waals surface area contributed by atoms with Crippen LogP contribution in [0.4, 0.5) is 0 Å². The lowest BCUT2D eigenvalue weighted by atomic mass is 10.1. The summed E-state index contributed by atoms with van der Waals surface area (Å²) >= 11 is 3.37. The lowest BCUT2D eigenvalue weighted by molar-refractivity contribution is 0.0964. The van der Waals surface area contributed by atoms with Gasteiger partial charge < -0.3 is 4.90 Å². The van der Waals surface area contributed by atoms with Gasteiger partial charge in [-0.25, -0.2) is 0 Å². The summed E-state index contributed by atoms with van der Waals surface area (Å²) in [5.74, 6) is 0.203. The van der Waals surface area contributed by atoms with Gasteiger partial charge in [0.15, 0.2) is 5.78 Å². The quantitative estimate of drug-likeness (QED) is 0.773. The third-order valence-electron chi connectivity index (χ3n) is 2.72. The van der Waals surface area contributed by atoms with E-state index in [1.807, 2.05) is 31.3 Å². The zero-order valence-electron chi connectivity index (χ0n) is 10.0. The van der Waals surface area contributed by atoms with Crippen molar-refractivity contribution >= 4 is 21.7 Å². The molecule has 0 spiro atoms. The first kappa shape index (κ1) is 13.4. The molecule has 1 aromatic carbocycles. The van der Waals surface area contributed by atoms with Crippen molar-refractivity contribution in [1.82, 2.24) is 4.90 Å². The van der Waals surface area contributed by atoms with E-state index in [1.165, 1.54) is 0 Å². The average Bonchev–Trinajstić information content (AvgIpc) is 2.25. The molecule has 1 aromatic rings.